The number of pyridine rings is 1. The van der Waals surface area contributed by atoms with Crippen LogP contribution in [0.5, 0.6) is 0 Å². The van der Waals surface area contributed by atoms with Crippen molar-refractivity contribution in [3.05, 3.63) is 40.7 Å². The molecule has 0 amide bonds. The number of nitrogens with one attached hydrogen (secondary N) is 1. The molecular formula is C16H21N3O. The minimum absolute atomic E-state index is 0.0584. The summed E-state index contributed by atoms with van der Waals surface area (Å²) < 4.78 is 1.72. The van der Waals surface area contributed by atoms with Crippen LogP contribution in [0.1, 0.15) is 13.3 Å². The highest BCUT2D eigenvalue weighted by atomic mass is 16.1. The molecule has 2 heterocycles. The normalized spacial score (nSPS) is 18.6. The van der Waals surface area contributed by atoms with Gasteiger partial charge in [-0.2, -0.15) is 0 Å². The number of aryl methyl sites for hydroxylation is 1. The highest BCUT2D eigenvalue weighted by Gasteiger charge is 2.23. The molecule has 1 saturated heterocycles. The van der Waals surface area contributed by atoms with E-state index in [2.05, 4.69) is 23.2 Å². The molecule has 4 heteroatoms. The van der Waals surface area contributed by atoms with Crippen LogP contribution in [0.15, 0.2) is 35.1 Å². The van der Waals surface area contributed by atoms with Gasteiger partial charge >= 0.3 is 0 Å². The molecule has 2 aromatic rings. The number of nitrogens with zero attached hydrogens (tertiary/aromatic N) is 2. The first-order valence-electron chi connectivity index (χ1n) is 7.28. The van der Waals surface area contributed by atoms with Gasteiger partial charge in [0.1, 0.15) is 0 Å². The maximum absolute atomic E-state index is 12.2. The van der Waals surface area contributed by atoms with Crippen molar-refractivity contribution in [2.75, 3.05) is 24.5 Å². The largest absolute Gasteiger partial charge is 0.367 e. The Morgan fingerprint density at radius 3 is 2.90 bits per heavy atom. The van der Waals surface area contributed by atoms with Gasteiger partial charge in [0.15, 0.2) is 0 Å². The lowest BCUT2D eigenvalue weighted by atomic mass is 10.1. The lowest BCUT2D eigenvalue weighted by Crippen LogP contribution is -2.37. The second-order valence-corrected chi connectivity index (χ2v) is 5.38. The van der Waals surface area contributed by atoms with Crippen molar-refractivity contribution in [2.24, 2.45) is 7.05 Å². The summed E-state index contributed by atoms with van der Waals surface area (Å²) in [4.78, 5) is 14.6. The number of fused-ring (bicyclic) bond motifs is 1. The van der Waals surface area contributed by atoms with Crippen LogP contribution in [0, 0.1) is 0 Å². The molecule has 1 aliphatic rings. The highest BCUT2D eigenvalue weighted by Crippen LogP contribution is 2.27. The summed E-state index contributed by atoms with van der Waals surface area (Å²) in [6.45, 7) is 5.13. The van der Waals surface area contributed by atoms with Gasteiger partial charge in [-0.3, -0.25) is 4.79 Å². The summed E-state index contributed by atoms with van der Waals surface area (Å²) >= 11 is 0. The van der Waals surface area contributed by atoms with E-state index >= 15 is 0 Å². The zero-order chi connectivity index (χ0) is 14.1. The Morgan fingerprint density at radius 2 is 2.20 bits per heavy atom. The first kappa shape index (κ1) is 13.2. The molecule has 4 nitrogen and oxygen atoms in total. The van der Waals surface area contributed by atoms with Crippen molar-refractivity contribution >= 4 is 16.6 Å². The van der Waals surface area contributed by atoms with E-state index in [0.717, 1.165) is 42.6 Å². The molecule has 3 rings (SSSR count). The van der Waals surface area contributed by atoms with Gasteiger partial charge in [-0.15, -0.1) is 0 Å². The SMILES string of the molecule is CCN(c1cc(=O)n(C)c2ccccc12)C1CCNC1. The molecule has 0 aliphatic carbocycles. The molecule has 0 bridgehead atoms. The molecule has 1 fully saturated rings. The highest BCUT2D eigenvalue weighted by molar-refractivity contribution is 5.92. The lowest BCUT2D eigenvalue weighted by Gasteiger charge is -2.30. The summed E-state index contributed by atoms with van der Waals surface area (Å²) in [7, 11) is 1.84. The van der Waals surface area contributed by atoms with Crippen LogP contribution in [0.2, 0.25) is 0 Å². The van der Waals surface area contributed by atoms with Crippen molar-refractivity contribution in [3.63, 3.8) is 0 Å². The number of benzene rings is 1. The fraction of sp³-hybridized carbons (Fsp3) is 0.438. The molecule has 1 aromatic carbocycles. The van der Waals surface area contributed by atoms with E-state index in [0.29, 0.717) is 6.04 Å². The van der Waals surface area contributed by atoms with E-state index in [4.69, 9.17) is 0 Å². The van der Waals surface area contributed by atoms with Crippen LogP contribution in [0.25, 0.3) is 10.9 Å². The minimum atomic E-state index is 0.0584. The van der Waals surface area contributed by atoms with Gasteiger partial charge in [0.25, 0.3) is 5.56 Å². The van der Waals surface area contributed by atoms with Crippen LogP contribution in [0.3, 0.4) is 0 Å². The Morgan fingerprint density at radius 1 is 1.40 bits per heavy atom. The average Bonchev–Trinajstić information content (AvgIpc) is 2.99. The monoisotopic (exact) mass is 271 g/mol. The van der Waals surface area contributed by atoms with Crippen LogP contribution < -0.4 is 15.8 Å². The van der Waals surface area contributed by atoms with E-state index in [-0.39, 0.29) is 5.56 Å². The molecule has 0 spiro atoms. The number of rotatable bonds is 3. The predicted octanol–water partition coefficient (Wildman–Crippen LogP) is 1.73. The minimum Gasteiger partial charge on any atom is -0.367 e. The van der Waals surface area contributed by atoms with Gasteiger partial charge in [-0.05, 0) is 26.0 Å². The van der Waals surface area contributed by atoms with Crippen LogP contribution in [-0.2, 0) is 7.05 Å². The third kappa shape index (κ3) is 2.10. The Bertz CT molecular complexity index is 671. The number of aromatic nitrogens is 1. The van der Waals surface area contributed by atoms with E-state index in [1.54, 1.807) is 10.6 Å². The number of hydrogen-bond acceptors (Lipinski definition) is 3. The van der Waals surface area contributed by atoms with Crippen LogP contribution in [-0.4, -0.2) is 30.2 Å². The fourth-order valence-electron chi connectivity index (χ4n) is 3.16. The Labute approximate surface area is 119 Å². The summed E-state index contributed by atoms with van der Waals surface area (Å²) in [5, 5.41) is 4.56. The number of anilines is 1. The van der Waals surface area contributed by atoms with Crippen molar-refractivity contribution in [2.45, 2.75) is 19.4 Å². The summed E-state index contributed by atoms with van der Waals surface area (Å²) in [6, 6.07) is 10.4. The second-order valence-electron chi connectivity index (χ2n) is 5.38. The van der Waals surface area contributed by atoms with Gasteiger partial charge in [0.2, 0.25) is 0 Å². The van der Waals surface area contributed by atoms with Crippen LogP contribution >= 0.6 is 0 Å². The summed E-state index contributed by atoms with van der Waals surface area (Å²) in [5.74, 6) is 0. The molecule has 1 atom stereocenters. The Kier molecular flexibility index (Phi) is 3.49. The molecule has 1 unspecified atom stereocenters. The van der Waals surface area contributed by atoms with E-state index in [1.807, 2.05) is 25.2 Å². The van der Waals surface area contributed by atoms with Crippen LogP contribution in [0.4, 0.5) is 5.69 Å². The second kappa shape index (κ2) is 5.29. The molecule has 20 heavy (non-hydrogen) atoms. The van der Waals surface area contributed by atoms with Gasteiger partial charge in [-0.1, -0.05) is 18.2 Å². The summed E-state index contributed by atoms with van der Waals surface area (Å²) in [5.41, 5.74) is 2.13. The maximum atomic E-state index is 12.2. The zero-order valence-corrected chi connectivity index (χ0v) is 12.1. The smallest absolute Gasteiger partial charge is 0.252 e. The molecule has 1 aliphatic heterocycles. The van der Waals surface area contributed by atoms with E-state index in [1.165, 1.54) is 0 Å². The maximum Gasteiger partial charge on any atom is 0.252 e. The molecule has 1 aromatic heterocycles. The molecular weight excluding hydrogens is 250 g/mol. The first-order valence-corrected chi connectivity index (χ1v) is 7.28. The standard InChI is InChI=1S/C16H21N3O/c1-3-19(12-8-9-17-11-12)15-10-16(20)18(2)14-7-5-4-6-13(14)15/h4-7,10,12,17H,3,8-9,11H2,1-2H3. The molecule has 0 radical (unpaired) electrons. The van der Waals surface area contributed by atoms with Crippen molar-refractivity contribution in [1.29, 1.82) is 0 Å². The Balaban J connectivity index is 2.19. The van der Waals surface area contributed by atoms with Crippen molar-refractivity contribution in [3.8, 4) is 0 Å². The van der Waals surface area contributed by atoms with Crippen molar-refractivity contribution in [1.82, 2.24) is 9.88 Å². The van der Waals surface area contributed by atoms with E-state index in [9.17, 15) is 4.79 Å². The third-order valence-electron chi connectivity index (χ3n) is 4.26. The quantitative estimate of drug-likeness (QED) is 0.923. The lowest BCUT2D eigenvalue weighted by molar-refractivity contribution is 0.649. The molecule has 106 valence electrons. The average molecular weight is 271 g/mol. The van der Waals surface area contributed by atoms with Gasteiger partial charge in [-0.25, -0.2) is 0 Å². The summed E-state index contributed by atoms with van der Waals surface area (Å²) in [6.07, 6.45) is 1.14. The fourth-order valence-corrected chi connectivity index (χ4v) is 3.16. The first-order chi connectivity index (χ1) is 9.72. The van der Waals surface area contributed by atoms with Crippen molar-refractivity contribution < 1.29 is 0 Å². The Hall–Kier alpha value is -1.81. The topological polar surface area (TPSA) is 37.3 Å². The predicted molar refractivity (Wildman–Crippen MR) is 83.5 cm³/mol. The third-order valence-corrected chi connectivity index (χ3v) is 4.26. The van der Waals surface area contributed by atoms with Gasteiger partial charge in [0.05, 0.1) is 11.2 Å². The number of hydrogen-bond donors (Lipinski definition) is 1. The van der Waals surface area contributed by atoms with Gasteiger partial charge < -0.3 is 14.8 Å². The number of likely N-dealkylation sites (N-methyl/N-ethyl adjacent to an activating group) is 1. The number of para-hydroxylation sites is 1. The zero-order valence-electron chi connectivity index (χ0n) is 12.1. The molecule has 0 saturated carbocycles. The van der Waals surface area contributed by atoms with E-state index < -0.39 is 0 Å². The van der Waals surface area contributed by atoms with Gasteiger partial charge in [0, 0.05) is 37.6 Å². The molecule has 1 N–H and O–H groups in total.